The van der Waals surface area contributed by atoms with Gasteiger partial charge in [0.1, 0.15) is 0 Å². The maximum atomic E-state index is 12.1. The quantitative estimate of drug-likeness (QED) is 0.822. The Hall–Kier alpha value is -0.280. The minimum Gasteiger partial charge on any atom is -0.343 e. The van der Waals surface area contributed by atoms with Crippen LogP contribution >= 0.6 is 12.4 Å². The maximum Gasteiger partial charge on any atom is 0.226 e. The zero-order chi connectivity index (χ0) is 10.9. The molecule has 94 valence electrons. The van der Waals surface area contributed by atoms with Crippen LogP contribution in [0.4, 0.5) is 0 Å². The zero-order valence-electron chi connectivity index (χ0n) is 10.3. The molecule has 2 rings (SSSR count). The molecule has 0 aromatic heterocycles. The third-order valence-electron chi connectivity index (χ3n) is 4.16. The summed E-state index contributed by atoms with van der Waals surface area (Å²) in [4.78, 5) is 14.1. The summed E-state index contributed by atoms with van der Waals surface area (Å²) in [5, 5.41) is 3.37. The SMILES string of the molecule is CCN(CC)C(=O)C1CC12CCNCC2.Cl. The minimum absolute atomic E-state index is 0. The van der Waals surface area contributed by atoms with E-state index >= 15 is 0 Å². The molecule has 1 aliphatic carbocycles. The molecule has 0 aromatic rings. The van der Waals surface area contributed by atoms with Crippen molar-refractivity contribution in [3.63, 3.8) is 0 Å². The predicted octanol–water partition coefficient (Wildman–Crippen LogP) is 1.67. The van der Waals surface area contributed by atoms with E-state index in [1.807, 2.05) is 4.90 Å². The highest BCUT2D eigenvalue weighted by Crippen LogP contribution is 2.59. The van der Waals surface area contributed by atoms with Crippen molar-refractivity contribution in [3.05, 3.63) is 0 Å². The van der Waals surface area contributed by atoms with Gasteiger partial charge in [-0.2, -0.15) is 0 Å². The summed E-state index contributed by atoms with van der Waals surface area (Å²) in [5.74, 6) is 0.751. The van der Waals surface area contributed by atoms with Crippen LogP contribution in [0.15, 0.2) is 0 Å². The molecule has 1 amide bonds. The number of hydrogen-bond donors (Lipinski definition) is 1. The second-order valence-electron chi connectivity index (χ2n) is 4.88. The molecule has 1 atom stereocenters. The number of hydrogen-bond acceptors (Lipinski definition) is 2. The number of halogens is 1. The molecule has 0 bridgehead atoms. The van der Waals surface area contributed by atoms with Crippen LogP contribution in [-0.4, -0.2) is 37.0 Å². The third kappa shape index (κ3) is 2.35. The molecule has 1 spiro atoms. The highest BCUT2D eigenvalue weighted by Gasteiger charge is 2.58. The first-order valence-corrected chi connectivity index (χ1v) is 6.23. The fraction of sp³-hybridized carbons (Fsp3) is 0.917. The van der Waals surface area contributed by atoms with Crippen LogP contribution in [0.5, 0.6) is 0 Å². The van der Waals surface area contributed by atoms with E-state index in [4.69, 9.17) is 0 Å². The Morgan fingerprint density at radius 3 is 2.38 bits per heavy atom. The minimum atomic E-state index is 0. The molecule has 16 heavy (non-hydrogen) atoms. The van der Waals surface area contributed by atoms with E-state index in [0.29, 0.717) is 17.2 Å². The number of rotatable bonds is 3. The number of carbonyl (C=O) groups is 1. The Balaban J connectivity index is 0.00000128. The number of amides is 1. The Labute approximate surface area is 104 Å². The van der Waals surface area contributed by atoms with Crippen molar-refractivity contribution in [3.8, 4) is 0 Å². The average Bonchev–Trinajstić information content (AvgIpc) is 2.95. The summed E-state index contributed by atoms with van der Waals surface area (Å²) in [6.45, 7) is 8.06. The van der Waals surface area contributed by atoms with E-state index in [-0.39, 0.29) is 12.4 Å². The summed E-state index contributed by atoms with van der Waals surface area (Å²) in [6, 6.07) is 0. The standard InChI is InChI=1S/C12H22N2O.ClH/c1-3-14(4-2)11(15)10-9-12(10)5-7-13-8-6-12;/h10,13H,3-9H2,1-2H3;1H. The Morgan fingerprint density at radius 1 is 1.31 bits per heavy atom. The van der Waals surface area contributed by atoms with Crippen LogP contribution in [0.3, 0.4) is 0 Å². The van der Waals surface area contributed by atoms with Crippen LogP contribution in [0.2, 0.25) is 0 Å². The Morgan fingerprint density at radius 2 is 1.88 bits per heavy atom. The molecule has 1 N–H and O–H groups in total. The van der Waals surface area contributed by atoms with Gasteiger partial charge in [0.15, 0.2) is 0 Å². The highest BCUT2D eigenvalue weighted by molar-refractivity contribution is 5.85. The van der Waals surface area contributed by atoms with Gasteiger partial charge in [-0.15, -0.1) is 12.4 Å². The van der Waals surface area contributed by atoms with E-state index in [1.54, 1.807) is 0 Å². The normalized spacial score (nSPS) is 26.0. The molecule has 2 aliphatic rings. The molecule has 1 saturated heterocycles. The fourth-order valence-corrected chi connectivity index (χ4v) is 2.93. The molecular weight excluding hydrogens is 224 g/mol. The van der Waals surface area contributed by atoms with E-state index < -0.39 is 0 Å². The number of nitrogens with zero attached hydrogens (tertiary/aromatic N) is 1. The van der Waals surface area contributed by atoms with Gasteiger partial charge in [0.2, 0.25) is 5.91 Å². The van der Waals surface area contributed by atoms with Crippen molar-refractivity contribution < 1.29 is 4.79 Å². The fourth-order valence-electron chi connectivity index (χ4n) is 2.93. The Kier molecular flexibility index (Phi) is 4.62. The second kappa shape index (κ2) is 5.37. The summed E-state index contributed by atoms with van der Waals surface area (Å²) < 4.78 is 0. The van der Waals surface area contributed by atoms with Crippen molar-refractivity contribution in [1.82, 2.24) is 10.2 Å². The van der Waals surface area contributed by atoms with Gasteiger partial charge in [-0.25, -0.2) is 0 Å². The number of piperidine rings is 1. The van der Waals surface area contributed by atoms with Crippen LogP contribution in [-0.2, 0) is 4.79 Å². The lowest BCUT2D eigenvalue weighted by Gasteiger charge is -2.25. The second-order valence-corrected chi connectivity index (χ2v) is 4.88. The smallest absolute Gasteiger partial charge is 0.226 e. The summed E-state index contributed by atoms with van der Waals surface area (Å²) in [6.07, 6.45) is 3.54. The molecule has 1 saturated carbocycles. The molecular formula is C12H23ClN2O. The van der Waals surface area contributed by atoms with Gasteiger partial charge < -0.3 is 10.2 Å². The van der Waals surface area contributed by atoms with Gasteiger partial charge in [-0.1, -0.05) is 0 Å². The van der Waals surface area contributed by atoms with E-state index in [9.17, 15) is 4.79 Å². The van der Waals surface area contributed by atoms with Gasteiger partial charge in [0.25, 0.3) is 0 Å². The van der Waals surface area contributed by atoms with E-state index in [2.05, 4.69) is 19.2 Å². The molecule has 0 radical (unpaired) electrons. The van der Waals surface area contributed by atoms with Gasteiger partial charge in [-0.3, -0.25) is 4.79 Å². The van der Waals surface area contributed by atoms with Crippen molar-refractivity contribution in [1.29, 1.82) is 0 Å². The number of nitrogens with one attached hydrogen (secondary N) is 1. The van der Waals surface area contributed by atoms with Crippen LogP contribution < -0.4 is 5.32 Å². The predicted molar refractivity (Wildman–Crippen MR) is 67.8 cm³/mol. The highest BCUT2D eigenvalue weighted by atomic mass is 35.5. The van der Waals surface area contributed by atoms with Gasteiger partial charge >= 0.3 is 0 Å². The largest absolute Gasteiger partial charge is 0.343 e. The zero-order valence-corrected chi connectivity index (χ0v) is 11.1. The first kappa shape index (κ1) is 13.8. The van der Waals surface area contributed by atoms with Crippen molar-refractivity contribution in [2.45, 2.75) is 33.1 Å². The molecule has 3 nitrogen and oxygen atoms in total. The van der Waals surface area contributed by atoms with Crippen LogP contribution in [0.25, 0.3) is 0 Å². The Bertz CT molecular complexity index is 247. The topological polar surface area (TPSA) is 32.3 Å². The molecule has 4 heteroatoms. The first-order valence-electron chi connectivity index (χ1n) is 6.23. The van der Waals surface area contributed by atoms with Gasteiger partial charge in [-0.05, 0) is 51.6 Å². The summed E-state index contributed by atoms with van der Waals surface area (Å²) in [7, 11) is 0. The van der Waals surface area contributed by atoms with Crippen LogP contribution in [0, 0.1) is 11.3 Å². The molecule has 1 heterocycles. The van der Waals surface area contributed by atoms with Crippen molar-refractivity contribution in [2.75, 3.05) is 26.2 Å². The lowest BCUT2D eigenvalue weighted by Crippen LogP contribution is -2.36. The maximum absolute atomic E-state index is 12.1. The van der Waals surface area contributed by atoms with E-state index in [1.165, 1.54) is 12.8 Å². The molecule has 0 aromatic carbocycles. The van der Waals surface area contributed by atoms with Gasteiger partial charge in [0, 0.05) is 19.0 Å². The molecule has 2 fully saturated rings. The van der Waals surface area contributed by atoms with Crippen molar-refractivity contribution in [2.24, 2.45) is 11.3 Å². The lowest BCUT2D eigenvalue weighted by atomic mass is 9.91. The van der Waals surface area contributed by atoms with Crippen LogP contribution in [0.1, 0.15) is 33.1 Å². The lowest BCUT2D eigenvalue weighted by molar-refractivity contribution is -0.133. The molecule has 1 unspecified atom stereocenters. The summed E-state index contributed by atoms with van der Waals surface area (Å²) in [5.41, 5.74) is 0.394. The monoisotopic (exact) mass is 246 g/mol. The number of carbonyl (C=O) groups excluding carboxylic acids is 1. The third-order valence-corrected chi connectivity index (χ3v) is 4.16. The van der Waals surface area contributed by atoms with Crippen molar-refractivity contribution >= 4 is 18.3 Å². The first-order chi connectivity index (χ1) is 7.23. The summed E-state index contributed by atoms with van der Waals surface area (Å²) >= 11 is 0. The van der Waals surface area contributed by atoms with Gasteiger partial charge in [0.05, 0.1) is 0 Å². The van der Waals surface area contributed by atoms with E-state index in [0.717, 1.165) is 32.6 Å². The average molecular weight is 247 g/mol. The molecule has 1 aliphatic heterocycles.